The van der Waals surface area contributed by atoms with Gasteiger partial charge in [0, 0.05) is 5.75 Å². The number of ether oxygens (including phenoxy) is 2. The zero-order chi connectivity index (χ0) is 12.0. The molecule has 0 aliphatic carbocycles. The van der Waals surface area contributed by atoms with E-state index in [2.05, 4.69) is 12.6 Å². The Balaban J connectivity index is 2.51. The molecular formula is C11H15NO3S. The molecule has 16 heavy (non-hydrogen) atoms. The molecule has 0 unspecified atom stereocenters. The average Bonchev–Trinajstić information content (AvgIpc) is 2.35. The molecule has 0 saturated heterocycles. The van der Waals surface area contributed by atoms with Crippen LogP contribution in [0.5, 0.6) is 5.75 Å². The van der Waals surface area contributed by atoms with Crippen molar-refractivity contribution in [3.63, 3.8) is 0 Å². The molecule has 0 heterocycles. The summed E-state index contributed by atoms with van der Waals surface area (Å²) in [6, 6.07) is 6.64. The van der Waals surface area contributed by atoms with Crippen molar-refractivity contribution in [2.45, 2.75) is 12.6 Å². The average molecular weight is 241 g/mol. The van der Waals surface area contributed by atoms with Crippen molar-refractivity contribution in [3.8, 4) is 5.75 Å². The summed E-state index contributed by atoms with van der Waals surface area (Å²) in [5.41, 5.74) is 6.32. The Kier molecular flexibility index (Phi) is 5.14. The van der Waals surface area contributed by atoms with E-state index in [1.165, 1.54) is 0 Å². The van der Waals surface area contributed by atoms with Gasteiger partial charge in [-0.25, -0.2) is 0 Å². The first kappa shape index (κ1) is 12.9. The summed E-state index contributed by atoms with van der Waals surface area (Å²) >= 11 is 3.92. The molecule has 1 aromatic carbocycles. The summed E-state index contributed by atoms with van der Waals surface area (Å²) in [6.45, 7) is 0.192. The normalized spacial score (nSPS) is 11.9. The van der Waals surface area contributed by atoms with E-state index in [9.17, 15) is 4.79 Å². The van der Waals surface area contributed by atoms with Gasteiger partial charge in [0.05, 0.1) is 7.11 Å². The number of nitrogens with two attached hydrogens (primary N) is 1. The largest absolute Gasteiger partial charge is 0.497 e. The molecule has 4 nitrogen and oxygen atoms in total. The van der Waals surface area contributed by atoms with Gasteiger partial charge in [0.25, 0.3) is 0 Å². The van der Waals surface area contributed by atoms with Crippen molar-refractivity contribution in [3.05, 3.63) is 29.8 Å². The minimum absolute atomic E-state index is 0.192. The van der Waals surface area contributed by atoms with Gasteiger partial charge < -0.3 is 15.2 Å². The molecule has 0 amide bonds. The molecular weight excluding hydrogens is 226 g/mol. The van der Waals surface area contributed by atoms with Crippen molar-refractivity contribution in [1.82, 2.24) is 0 Å². The van der Waals surface area contributed by atoms with E-state index in [0.717, 1.165) is 11.3 Å². The van der Waals surface area contributed by atoms with Crippen LogP contribution < -0.4 is 10.5 Å². The fourth-order valence-corrected chi connectivity index (χ4v) is 1.25. The monoisotopic (exact) mass is 241 g/mol. The third-order valence-corrected chi connectivity index (χ3v) is 2.41. The van der Waals surface area contributed by atoms with Gasteiger partial charge in [-0.3, -0.25) is 4.79 Å². The standard InChI is InChI=1S/C11H15NO3S/c1-14-9-4-2-3-8(5-9)6-15-11(13)10(12)7-16/h2-5,10,16H,6-7,12H2,1H3/t10-/m0/s1. The van der Waals surface area contributed by atoms with Crippen molar-refractivity contribution >= 4 is 18.6 Å². The Morgan fingerprint density at radius 2 is 2.31 bits per heavy atom. The first-order chi connectivity index (χ1) is 7.67. The maximum Gasteiger partial charge on any atom is 0.324 e. The van der Waals surface area contributed by atoms with E-state index in [-0.39, 0.29) is 12.4 Å². The predicted octanol–water partition coefficient (Wildman–Crippen LogP) is 0.995. The number of hydrogen-bond donors (Lipinski definition) is 2. The third-order valence-electron chi connectivity index (χ3n) is 2.01. The van der Waals surface area contributed by atoms with Gasteiger partial charge in [-0.05, 0) is 17.7 Å². The predicted molar refractivity (Wildman–Crippen MR) is 64.6 cm³/mol. The van der Waals surface area contributed by atoms with E-state index in [4.69, 9.17) is 15.2 Å². The summed E-state index contributed by atoms with van der Waals surface area (Å²) < 4.78 is 10.1. The first-order valence-corrected chi connectivity index (χ1v) is 5.46. The lowest BCUT2D eigenvalue weighted by atomic mass is 10.2. The summed E-state index contributed by atoms with van der Waals surface area (Å²) in [4.78, 5) is 11.3. The summed E-state index contributed by atoms with van der Waals surface area (Å²) in [6.07, 6.45) is 0. The molecule has 5 heteroatoms. The van der Waals surface area contributed by atoms with Gasteiger partial charge in [-0.1, -0.05) is 12.1 Å². The van der Waals surface area contributed by atoms with Crippen LogP contribution in [0.15, 0.2) is 24.3 Å². The lowest BCUT2D eigenvalue weighted by molar-refractivity contribution is -0.145. The highest BCUT2D eigenvalue weighted by Crippen LogP contribution is 2.13. The zero-order valence-corrected chi connectivity index (χ0v) is 9.94. The van der Waals surface area contributed by atoms with Crippen LogP contribution in [0.2, 0.25) is 0 Å². The lowest BCUT2D eigenvalue weighted by Gasteiger charge is -2.09. The minimum atomic E-state index is -0.672. The highest BCUT2D eigenvalue weighted by molar-refractivity contribution is 7.80. The van der Waals surface area contributed by atoms with Crippen molar-refractivity contribution < 1.29 is 14.3 Å². The second-order valence-electron chi connectivity index (χ2n) is 3.25. The van der Waals surface area contributed by atoms with Crippen LogP contribution in [0.25, 0.3) is 0 Å². The highest BCUT2D eigenvalue weighted by atomic mass is 32.1. The fourth-order valence-electron chi connectivity index (χ4n) is 1.10. The smallest absolute Gasteiger partial charge is 0.324 e. The number of carbonyl (C=O) groups excluding carboxylic acids is 1. The van der Waals surface area contributed by atoms with Crippen molar-refractivity contribution in [2.24, 2.45) is 5.73 Å². The Morgan fingerprint density at radius 3 is 2.94 bits per heavy atom. The lowest BCUT2D eigenvalue weighted by Crippen LogP contribution is -2.33. The molecule has 0 bridgehead atoms. The molecule has 1 atom stereocenters. The number of esters is 1. The quantitative estimate of drug-likeness (QED) is 0.596. The van der Waals surface area contributed by atoms with E-state index in [1.807, 2.05) is 18.2 Å². The molecule has 88 valence electrons. The number of benzene rings is 1. The highest BCUT2D eigenvalue weighted by Gasteiger charge is 2.12. The van der Waals surface area contributed by atoms with Gasteiger partial charge in [-0.15, -0.1) is 0 Å². The summed E-state index contributed by atoms with van der Waals surface area (Å²) in [5.74, 6) is 0.557. The van der Waals surface area contributed by atoms with Gasteiger partial charge >= 0.3 is 5.97 Å². The Bertz CT molecular complexity index is 357. The molecule has 1 aromatic rings. The van der Waals surface area contributed by atoms with E-state index >= 15 is 0 Å². The van der Waals surface area contributed by atoms with Crippen LogP contribution >= 0.6 is 12.6 Å². The van der Waals surface area contributed by atoms with Gasteiger partial charge in [0.2, 0.25) is 0 Å². The number of methoxy groups -OCH3 is 1. The van der Waals surface area contributed by atoms with Crippen LogP contribution in [0.1, 0.15) is 5.56 Å². The molecule has 0 aliphatic rings. The van der Waals surface area contributed by atoms with E-state index in [1.54, 1.807) is 13.2 Å². The topological polar surface area (TPSA) is 61.5 Å². The fraction of sp³-hybridized carbons (Fsp3) is 0.364. The second-order valence-corrected chi connectivity index (χ2v) is 3.61. The van der Waals surface area contributed by atoms with Gasteiger partial charge in [0.1, 0.15) is 18.4 Å². The minimum Gasteiger partial charge on any atom is -0.497 e. The summed E-state index contributed by atoms with van der Waals surface area (Å²) in [7, 11) is 1.59. The molecule has 1 rings (SSSR count). The second kappa shape index (κ2) is 6.40. The zero-order valence-electron chi connectivity index (χ0n) is 9.05. The molecule has 0 saturated carbocycles. The van der Waals surface area contributed by atoms with Crippen LogP contribution in [-0.4, -0.2) is 24.9 Å². The number of rotatable bonds is 5. The summed E-state index contributed by atoms with van der Waals surface area (Å²) in [5, 5.41) is 0. The number of thiol groups is 1. The molecule has 0 aromatic heterocycles. The van der Waals surface area contributed by atoms with Gasteiger partial charge in [-0.2, -0.15) is 12.6 Å². The maximum atomic E-state index is 11.3. The van der Waals surface area contributed by atoms with Crippen molar-refractivity contribution in [1.29, 1.82) is 0 Å². The number of carbonyl (C=O) groups is 1. The molecule has 0 fully saturated rings. The van der Waals surface area contributed by atoms with Crippen LogP contribution in [-0.2, 0) is 16.1 Å². The Labute approximate surface area is 100 Å². The van der Waals surface area contributed by atoms with E-state index in [0.29, 0.717) is 0 Å². The first-order valence-electron chi connectivity index (χ1n) is 4.83. The Hall–Kier alpha value is -1.20. The van der Waals surface area contributed by atoms with Crippen molar-refractivity contribution in [2.75, 3.05) is 12.9 Å². The molecule has 0 radical (unpaired) electrons. The van der Waals surface area contributed by atoms with Crippen LogP contribution in [0.3, 0.4) is 0 Å². The van der Waals surface area contributed by atoms with E-state index < -0.39 is 12.0 Å². The Morgan fingerprint density at radius 1 is 1.56 bits per heavy atom. The molecule has 0 spiro atoms. The van der Waals surface area contributed by atoms with Gasteiger partial charge in [0.15, 0.2) is 0 Å². The molecule has 2 N–H and O–H groups in total. The molecule has 0 aliphatic heterocycles. The maximum absolute atomic E-state index is 11.3. The van der Waals surface area contributed by atoms with Crippen LogP contribution in [0, 0.1) is 0 Å². The number of hydrogen-bond acceptors (Lipinski definition) is 5. The third kappa shape index (κ3) is 3.75. The SMILES string of the molecule is COc1cccc(COC(=O)[C@@H](N)CS)c1. The van der Waals surface area contributed by atoms with Crippen LogP contribution in [0.4, 0.5) is 0 Å².